The molecule has 1 N–H and O–H groups in total. The lowest BCUT2D eigenvalue weighted by atomic mass is 10.00. The standard InChI is InChI=1S/C22H23N3O3S2/c26-21(25-15-6-2-5-9-20(25)17-7-3-1-4-8-17)18-10-12-19(13-11-18)30(27,28)24-22-23-14-16-29-22/h1,3-4,7-8,10-14,16,20H,2,5-6,9,15H2,(H,23,24). The normalized spacial score (nSPS) is 17.3. The monoisotopic (exact) mass is 441 g/mol. The van der Waals surface area contributed by atoms with Crippen molar-refractivity contribution >= 4 is 32.4 Å². The van der Waals surface area contributed by atoms with E-state index < -0.39 is 10.0 Å². The van der Waals surface area contributed by atoms with Crippen LogP contribution in [0.1, 0.15) is 47.6 Å². The predicted octanol–water partition coefficient (Wildman–Crippen LogP) is 4.70. The Kier molecular flexibility index (Phi) is 6.15. The fraction of sp³-hybridized carbons (Fsp3) is 0.273. The van der Waals surface area contributed by atoms with Crippen LogP contribution in [0.4, 0.5) is 5.13 Å². The van der Waals surface area contributed by atoms with Gasteiger partial charge in [0.15, 0.2) is 5.13 Å². The van der Waals surface area contributed by atoms with Gasteiger partial charge in [-0.2, -0.15) is 0 Å². The summed E-state index contributed by atoms with van der Waals surface area (Å²) >= 11 is 1.21. The van der Waals surface area contributed by atoms with Crippen LogP contribution in [0.3, 0.4) is 0 Å². The van der Waals surface area contributed by atoms with Crippen molar-refractivity contribution in [2.75, 3.05) is 11.3 Å². The van der Waals surface area contributed by atoms with E-state index in [0.717, 1.165) is 31.2 Å². The second-order valence-corrected chi connectivity index (χ2v) is 9.82. The number of aromatic nitrogens is 1. The van der Waals surface area contributed by atoms with E-state index in [2.05, 4.69) is 21.8 Å². The van der Waals surface area contributed by atoms with Crippen molar-refractivity contribution < 1.29 is 13.2 Å². The summed E-state index contributed by atoms with van der Waals surface area (Å²) in [6, 6.07) is 16.3. The third kappa shape index (κ3) is 4.55. The first-order valence-corrected chi connectivity index (χ1v) is 12.3. The van der Waals surface area contributed by atoms with Crippen LogP contribution in [0.25, 0.3) is 0 Å². The largest absolute Gasteiger partial charge is 0.332 e. The zero-order chi connectivity index (χ0) is 21.0. The average Bonchev–Trinajstić information content (AvgIpc) is 3.14. The van der Waals surface area contributed by atoms with Crippen LogP contribution < -0.4 is 4.72 Å². The number of sulfonamides is 1. The summed E-state index contributed by atoms with van der Waals surface area (Å²) in [6.07, 6.45) is 5.63. The van der Waals surface area contributed by atoms with Gasteiger partial charge in [0.2, 0.25) is 0 Å². The highest BCUT2D eigenvalue weighted by atomic mass is 32.2. The van der Waals surface area contributed by atoms with Crippen molar-refractivity contribution in [2.24, 2.45) is 0 Å². The van der Waals surface area contributed by atoms with Gasteiger partial charge in [0, 0.05) is 23.7 Å². The molecule has 1 unspecified atom stereocenters. The highest BCUT2D eigenvalue weighted by molar-refractivity contribution is 7.93. The molecule has 1 saturated heterocycles. The highest BCUT2D eigenvalue weighted by Crippen LogP contribution is 2.31. The van der Waals surface area contributed by atoms with Crippen molar-refractivity contribution in [1.29, 1.82) is 0 Å². The summed E-state index contributed by atoms with van der Waals surface area (Å²) in [5.41, 5.74) is 1.63. The first kappa shape index (κ1) is 20.6. The summed E-state index contributed by atoms with van der Waals surface area (Å²) in [5, 5.41) is 2.01. The Labute approximate surface area is 180 Å². The molecule has 2 aromatic carbocycles. The minimum absolute atomic E-state index is 0.0381. The van der Waals surface area contributed by atoms with Crippen molar-refractivity contribution in [3.8, 4) is 0 Å². The maximum Gasteiger partial charge on any atom is 0.263 e. The molecule has 0 saturated carbocycles. The van der Waals surface area contributed by atoms with Gasteiger partial charge in [0.05, 0.1) is 10.9 Å². The molecule has 0 aliphatic carbocycles. The second-order valence-electron chi connectivity index (χ2n) is 7.24. The number of hydrogen-bond acceptors (Lipinski definition) is 5. The lowest BCUT2D eigenvalue weighted by Gasteiger charge is -2.30. The smallest absolute Gasteiger partial charge is 0.263 e. The van der Waals surface area contributed by atoms with Gasteiger partial charge < -0.3 is 4.90 Å². The van der Waals surface area contributed by atoms with Crippen LogP contribution in [-0.2, 0) is 10.0 Å². The molecule has 3 aromatic rings. The molecule has 0 bridgehead atoms. The number of rotatable bonds is 5. The fourth-order valence-electron chi connectivity index (χ4n) is 3.76. The fourth-order valence-corrected chi connectivity index (χ4v) is 5.55. The van der Waals surface area contributed by atoms with Crippen LogP contribution in [0.2, 0.25) is 0 Å². The topological polar surface area (TPSA) is 79.4 Å². The molecule has 4 rings (SSSR count). The van der Waals surface area contributed by atoms with Gasteiger partial charge in [0.1, 0.15) is 0 Å². The summed E-state index contributed by atoms with van der Waals surface area (Å²) in [7, 11) is -3.74. The predicted molar refractivity (Wildman–Crippen MR) is 118 cm³/mol. The molecule has 2 heterocycles. The maximum absolute atomic E-state index is 13.3. The summed E-state index contributed by atoms with van der Waals surface area (Å²) in [6.45, 7) is 0.698. The van der Waals surface area contributed by atoms with Gasteiger partial charge in [-0.1, -0.05) is 43.2 Å². The van der Waals surface area contributed by atoms with E-state index in [4.69, 9.17) is 0 Å². The molecular weight excluding hydrogens is 418 g/mol. The Balaban J connectivity index is 1.56. The molecule has 1 atom stereocenters. The van der Waals surface area contributed by atoms with Gasteiger partial charge in [-0.15, -0.1) is 11.3 Å². The Morgan fingerprint density at radius 3 is 2.50 bits per heavy atom. The number of nitrogens with one attached hydrogen (secondary N) is 1. The average molecular weight is 442 g/mol. The van der Waals surface area contributed by atoms with E-state index in [1.807, 2.05) is 23.1 Å². The van der Waals surface area contributed by atoms with Gasteiger partial charge in [-0.3, -0.25) is 9.52 Å². The molecule has 30 heavy (non-hydrogen) atoms. The minimum atomic E-state index is -3.74. The number of nitrogens with zero attached hydrogens (tertiary/aromatic N) is 2. The molecule has 1 aromatic heterocycles. The Bertz CT molecular complexity index is 1080. The van der Waals surface area contributed by atoms with Crippen molar-refractivity contribution in [3.63, 3.8) is 0 Å². The summed E-state index contributed by atoms with van der Waals surface area (Å²) in [5.74, 6) is -0.0671. The third-order valence-corrected chi connectivity index (χ3v) is 7.44. The number of carbonyl (C=O) groups excluding carboxylic acids is 1. The van der Waals surface area contributed by atoms with E-state index in [9.17, 15) is 13.2 Å². The van der Waals surface area contributed by atoms with Gasteiger partial charge in [-0.05, 0) is 42.7 Å². The lowest BCUT2D eigenvalue weighted by Crippen LogP contribution is -2.34. The van der Waals surface area contributed by atoms with Gasteiger partial charge in [0.25, 0.3) is 15.9 Å². The Morgan fingerprint density at radius 2 is 1.80 bits per heavy atom. The lowest BCUT2D eigenvalue weighted by molar-refractivity contribution is 0.0681. The van der Waals surface area contributed by atoms with E-state index in [0.29, 0.717) is 17.2 Å². The van der Waals surface area contributed by atoms with Gasteiger partial charge >= 0.3 is 0 Å². The van der Waals surface area contributed by atoms with E-state index in [1.54, 1.807) is 17.5 Å². The number of amides is 1. The third-order valence-electron chi connectivity index (χ3n) is 5.26. The van der Waals surface area contributed by atoms with E-state index in [1.165, 1.54) is 29.7 Å². The first-order chi connectivity index (χ1) is 14.5. The molecule has 8 heteroatoms. The molecule has 0 radical (unpaired) electrons. The SMILES string of the molecule is O=C(c1ccc(S(=O)(=O)Nc2nccs2)cc1)N1CCCCCC1c1ccccc1. The molecule has 0 spiro atoms. The first-order valence-electron chi connectivity index (χ1n) is 9.93. The number of benzene rings is 2. The van der Waals surface area contributed by atoms with Crippen molar-refractivity contribution in [2.45, 2.75) is 36.6 Å². The number of carbonyl (C=O) groups is 1. The summed E-state index contributed by atoms with van der Waals surface area (Å²) < 4.78 is 27.5. The molecule has 1 amide bonds. The quantitative estimate of drug-likeness (QED) is 0.622. The molecule has 1 aliphatic rings. The Morgan fingerprint density at radius 1 is 1.03 bits per heavy atom. The number of hydrogen-bond donors (Lipinski definition) is 1. The van der Waals surface area contributed by atoms with E-state index >= 15 is 0 Å². The van der Waals surface area contributed by atoms with Gasteiger partial charge in [-0.25, -0.2) is 13.4 Å². The highest BCUT2D eigenvalue weighted by Gasteiger charge is 2.27. The molecule has 156 valence electrons. The number of likely N-dealkylation sites (tertiary alicyclic amines) is 1. The second kappa shape index (κ2) is 8.97. The number of thiazole rings is 1. The zero-order valence-electron chi connectivity index (χ0n) is 16.4. The van der Waals surface area contributed by atoms with E-state index in [-0.39, 0.29) is 16.8 Å². The van der Waals surface area contributed by atoms with Crippen LogP contribution in [0, 0.1) is 0 Å². The van der Waals surface area contributed by atoms with Crippen LogP contribution in [-0.4, -0.2) is 30.8 Å². The molecule has 1 aliphatic heterocycles. The van der Waals surface area contributed by atoms with Crippen LogP contribution in [0.5, 0.6) is 0 Å². The van der Waals surface area contributed by atoms with Crippen LogP contribution in [0.15, 0.2) is 71.1 Å². The number of anilines is 1. The zero-order valence-corrected chi connectivity index (χ0v) is 18.0. The van der Waals surface area contributed by atoms with Crippen molar-refractivity contribution in [3.05, 3.63) is 77.3 Å². The maximum atomic E-state index is 13.3. The van der Waals surface area contributed by atoms with Crippen molar-refractivity contribution in [1.82, 2.24) is 9.88 Å². The molecule has 6 nitrogen and oxygen atoms in total. The molecule has 1 fully saturated rings. The van der Waals surface area contributed by atoms with Crippen LogP contribution >= 0.6 is 11.3 Å². The minimum Gasteiger partial charge on any atom is -0.332 e. The summed E-state index contributed by atoms with van der Waals surface area (Å²) in [4.78, 5) is 19.3. The molecular formula is C22H23N3O3S2. The Hall–Kier alpha value is -2.71.